The van der Waals surface area contributed by atoms with Gasteiger partial charge in [-0.1, -0.05) is 68.4 Å². The van der Waals surface area contributed by atoms with Crippen molar-refractivity contribution in [1.82, 2.24) is 15.4 Å². The van der Waals surface area contributed by atoms with Crippen LogP contribution in [-0.2, 0) is 33.3 Å². The smallest absolute Gasteiger partial charge is 0.352 e. The van der Waals surface area contributed by atoms with Crippen molar-refractivity contribution in [2.24, 2.45) is 5.92 Å². The highest BCUT2D eigenvalue weighted by atomic mass is 32.2. The van der Waals surface area contributed by atoms with E-state index in [0.29, 0.717) is 28.9 Å². The van der Waals surface area contributed by atoms with E-state index < -0.39 is 29.0 Å². The third kappa shape index (κ3) is 7.99. The Morgan fingerprint density at radius 1 is 1.05 bits per heavy atom. The van der Waals surface area contributed by atoms with Gasteiger partial charge in [0.25, 0.3) is 0 Å². The van der Waals surface area contributed by atoms with Crippen molar-refractivity contribution in [1.29, 1.82) is 0 Å². The SMILES string of the molecule is CCCC(=O)N(Cc1ccc(-c2ccccc2S(=O)Nc2noc(C(F)(F)F)c2C)cc1)C(C(=O)NC(C)C)C(C)C. The van der Waals surface area contributed by atoms with Gasteiger partial charge in [-0.2, -0.15) is 13.2 Å². The van der Waals surface area contributed by atoms with E-state index in [2.05, 4.69) is 19.7 Å². The van der Waals surface area contributed by atoms with E-state index in [9.17, 15) is 27.0 Å². The first kappa shape index (κ1) is 32.8. The molecule has 2 amide bonds. The van der Waals surface area contributed by atoms with E-state index in [0.717, 1.165) is 5.56 Å². The zero-order valence-electron chi connectivity index (χ0n) is 24.5. The topological polar surface area (TPSA) is 105 Å². The van der Waals surface area contributed by atoms with Gasteiger partial charge < -0.3 is 14.7 Å². The number of nitrogens with one attached hydrogen (secondary N) is 2. The molecule has 1 heterocycles. The zero-order chi connectivity index (χ0) is 31.2. The van der Waals surface area contributed by atoms with Crippen molar-refractivity contribution in [3.05, 3.63) is 65.4 Å². The summed E-state index contributed by atoms with van der Waals surface area (Å²) in [6.07, 6.45) is -3.75. The standard InChI is InChI=1S/C30H37F3N4O4S/c1-7-10-25(38)37(26(18(2)3)29(39)34-19(4)5)17-21-13-15-22(16-14-21)23-11-8-9-12-24(23)42(40)36-28-20(6)27(41-35-28)30(31,32)33/h8-9,11-16,18-19,26H,7,10,17H2,1-6H3,(H,34,39)(H,35,36). The largest absolute Gasteiger partial charge is 0.452 e. The number of rotatable bonds is 12. The van der Waals surface area contributed by atoms with Crippen molar-refractivity contribution in [2.75, 3.05) is 4.72 Å². The van der Waals surface area contributed by atoms with Crippen molar-refractivity contribution in [3.63, 3.8) is 0 Å². The van der Waals surface area contributed by atoms with Gasteiger partial charge in [0.2, 0.25) is 17.6 Å². The quantitative estimate of drug-likeness (QED) is 0.246. The summed E-state index contributed by atoms with van der Waals surface area (Å²) >= 11 is 0. The summed E-state index contributed by atoms with van der Waals surface area (Å²) in [5, 5.41) is 6.34. The van der Waals surface area contributed by atoms with Crippen LogP contribution in [0, 0.1) is 12.8 Å². The van der Waals surface area contributed by atoms with Crippen LogP contribution >= 0.6 is 0 Å². The van der Waals surface area contributed by atoms with Crippen molar-refractivity contribution >= 4 is 28.6 Å². The molecule has 3 rings (SSSR count). The number of alkyl halides is 3. The predicted octanol–water partition coefficient (Wildman–Crippen LogP) is 6.48. The first-order chi connectivity index (χ1) is 19.7. The molecule has 0 radical (unpaired) electrons. The predicted molar refractivity (Wildman–Crippen MR) is 156 cm³/mol. The third-order valence-electron chi connectivity index (χ3n) is 6.53. The normalized spacial score (nSPS) is 13.2. The van der Waals surface area contributed by atoms with Gasteiger partial charge >= 0.3 is 6.18 Å². The van der Waals surface area contributed by atoms with Gasteiger partial charge in [-0.25, -0.2) is 4.21 Å². The summed E-state index contributed by atoms with van der Waals surface area (Å²) < 4.78 is 59.4. The molecule has 0 saturated heterocycles. The molecule has 12 heteroatoms. The molecule has 2 N–H and O–H groups in total. The monoisotopic (exact) mass is 606 g/mol. The molecule has 3 aromatic rings. The van der Waals surface area contributed by atoms with Crippen LogP contribution in [0.3, 0.4) is 0 Å². The Morgan fingerprint density at radius 2 is 1.69 bits per heavy atom. The van der Waals surface area contributed by atoms with Gasteiger partial charge in [-0.15, -0.1) is 0 Å². The molecule has 42 heavy (non-hydrogen) atoms. The van der Waals surface area contributed by atoms with E-state index in [1.54, 1.807) is 29.2 Å². The number of hydrogen-bond donors (Lipinski definition) is 2. The van der Waals surface area contributed by atoms with Crippen LogP contribution in [0.25, 0.3) is 11.1 Å². The molecule has 0 saturated carbocycles. The van der Waals surface area contributed by atoms with Crippen LogP contribution in [-0.4, -0.2) is 38.2 Å². The van der Waals surface area contributed by atoms with E-state index in [1.165, 1.54) is 6.92 Å². The van der Waals surface area contributed by atoms with Crippen LogP contribution < -0.4 is 10.0 Å². The summed E-state index contributed by atoms with van der Waals surface area (Å²) in [6.45, 7) is 10.9. The minimum absolute atomic E-state index is 0.0684. The summed E-state index contributed by atoms with van der Waals surface area (Å²) in [6, 6.07) is 13.4. The average molecular weight is 607 g/mol. The maximum absolute atomic E-state index is 13.2. The highest BCUT2D eigenvalue weighted by Gasteiger charge is 2.39. The molecule has 0 aliphatic rings. The third-order valence-corrected chi connectivity index (χ3v) is 7.66. The number of nitrogens with zero attached hydrogens (tertiary/aromatic N) is 2. The van der Waals surface area contributed by atoms with Crippen LogP contribution in [0.2, 0.25) is 0 Å². The second kappa shape index (κ2) is 14.0. The van der Waals surface area contributed by atoms with E-state index >= 15 is 0 Å². The summed E-state index contributed by atoms with van der Waals surface area (Å²) in [7, 11) is -1.95. The lowest BCUT2D eigenvalue weighted by Crippen LogP contribution is -2.53. The second-order valence-corrected chi connectivity index (χ2v) is 11.9. The number of anilines is 1. The fourth-order valence-electron chi connectivity index (χ4n) is 4.56. The highest BCUT2D eigenvalue weighted by Crippen LogP contribution is 2.35. The van der Waals surface area contributed by atoms with Gasteiger partial charge in [0, 0.05) is 24.6 Å². The molecule has 1 aromatic heterocycles. The maximum Gasteiger partial charge on any atom is 0.452 e. The van der Waals surface area contributed by atoms with Gasteiger partial charge in [0.15, 0.2) is 16.8 Å². The number of aromatic nitrogens is 1. The minimum atomic E-state index is -4.72. The van der Waals surface area contributed by atoms with Gasteiger partial charge in [0.1, 0.15) is 6.04 Å². The van der Waals surface area contributed by atoms with Crippen molar-refractivity contribution < 1.29 is 31.5 Å². The highest BCUT2D eigenvalue weighted by molar-refractivity contribution is 7.86. The Labute approximate surface area is 246 Å². The maximum atomic E-state index is 13.2. The second-order valence-electron chi connectivity index (χ2n) is 10.7. The fraction of sp³-hybridized carbons (Fsp3) is 0.433. The Balaban J connectivity index is 1.87. The Hall–Kier alpha value is -3.67. The Kier molecular flexibility index (Phi) is 10.9. The summed E-state index contributed by atoms with van der Waals surface area (Å²) in [5.74, 6) is -1.93. The fourth-order valence-corrected chi connectivity index (χ4v) is 5.63. The van der Waals surface area contributed by atoms with Crippen LogP contribution in [0.15, 0.2) is 57.9 Å². The number of carbonyl (C=O) groups is 2. The summed E-state index contributed by atoms with van der Waals surface area (Å²) in [4.78, 5) is 28.2. The molecule has 0 aliphatic carbocycles. The van der Waals surface area contributed by atoms with Gasteiger partial charge in [-0.3, -0.25) is 14.3 Å². The number of benzene rings is 2. The van der Waals surface area contributed by atoms with E-state index in [4.69, 9.17) is 0 Å². The lowest BCUT2D eigenvalue weighted by Gasteiger charge is -2.34. The molecule has 0 aliphatic heterocycles. The first-order valence-electron chi connectivity index (χ1n) is 13.7. The van der Waals surface area contributed by atoms with Crippen LogP contribution in [0.5, 0.6) is 0 Å². The van der Waals surface area contributed by atoms with Crippen molar-refractivity contribution in [3.8, 4) is 11.1 Å². The minimum Gasteiger partial charge on any atom is -0.352 e. The number of carbonyl (C=O) groups excluding carboxylic acids is 2. The number of amides is 2. The summed E-state index contributed by atoms with van der Waals surface area (Å²) in [5.41, 5.74) is 1.83. The molecule has 0 bridgehead atoms. The molecular weight excluding hydrogens is 569 g/mol. The Morgan fingerprint density at radius 3 is 2.24 bits per heavy atom. The molecule has 2 aromatic carbocycles. The average Bonchev–Trinajstić information content (AvgIpc) is 3.28. The molecule has 0 fully saturated rings. The first-order valence-corrected chi connectivity index (χ1v) is 14.9. The lowest BCUT2D eigenvalue weighted by molar-refractivity contribution is -0.156. The number of halogens is 3. The van der Waals surface area contributed by atoms with Crippen molar-refractivity contribution in [2.45, 2.75) is 84.1 Å². The molecule has 2 unspecified atom stereocenters. The molecule has 8 nitrogen and oxygen atoms in total. The lowest BCUT2D eigenvalue weighted by atomic mass is 9.98. The number of hydrogen-bond acceptors (Lipinski definition) is 5. The molecule has 0 spiro atoms. The zero-order valence-corrected chi connectivity index (χ0v) is 25.4. The van der Waals surface area contributed by atoms with Gasteiger partial charge in [0.05, 0.1) is 4.90 Å². The molecule has 228 valence electrons. The van der Waals surface area contributed by atoms with E-state index in [-0.39, 0.29) is 41.7 Å². The van der Waals surface area contributed by atoms with Crippen LogP contribution in [0.4, 0.5) is 19.0 Å². The van der Waals surface area contributed by atoms with E-state index in [1.807, 2.05) is 58.9 Å². The molecular formula is C30H37F3N4O4S. The van der Waals surface area contributed by atoms with Gasteiger partial charge in [-0.05, 0) is 55.9 Å². The Bertz CT molecular complexity index is 1400. The molecule has 2 atom stereocenters. The van der Waals surface area contributed by atoms with Crippen LogP contribution in [0.1, 0.15) is 64.3 Å².